The van der Waals surface area contributed by atoms with Crippen LogP contribution in [0.5, 0.6) is 0 Å². The zero-order valence-electron chi connectivity index (χ0n) is 14.9. The molecule has 0 amide bonds. The van der Waals surface area contributed by atoms with Gasteiger partial charge in [-0.3, -0.25) is 9.59 Å². The number of hydrogen-bond donors (Lipinski definition) is 1. The summed E-state index contributed by atoms with van der Waals surface area (Å²) in [5.41, 5.74) is -0.606. The lowest BCUT2D eigenvalue weighted by atomic mass is 9.59. The lowest BCUT2D eigenvalue weighted by Gasteiger charge is -2.44. The molecule has 8 unspecified atom stereocenters. The van der Waals surface area contributed by atoms with Crippen molar-refractivity contribution in [3.05, 3.63) is 12.2 Å². The van der Waals surface area contributed by atoms with Gasteiger partial charge in [0.25, 0.3) is 0 Å². The number of carbonyl (C=O) groups is 2. The van der Waals surface area contributed by atoms with Gasteiger partial charge in [-0.05, 0) is 56.8 Å². The molecular formula is C20H26O5. The molecule has 5 fully saturated rings. The molecule has 136 valence electrons. The second kappa shape index (κ2) is 4.48. The number of aliphatic hydroxyl groups is 1. The molecule has 0 aromatic carbocycles. The topological polar surface area (TPSA) is 72.8 Å². The van der Waals surface area contributed by atoms with Gasteiger partial charge >= 0.3 is 11.9 Å². The summed E-state index contributed by atoms with van der Waals surface area (Å²) >= 11 is 0. The van der Waals surface area contributed by atoms with E-state index in [1.54, 1.807) is 6.92 Å². The monoisotopic (exact) mass is 346 g/mol. The molecule has 1 spiro atoms. The Kier molecular flexibility index (Phi) is 2.84. The van der Waals surface area contributed by atoms with Crippen LogP contribution in [0.2, 0.25) is 0 Å². The van der Waals surface area contributed by atoms with E-state index in [4.69, 9.17) is 9.47 Å². The molecule has 1 N–H and O–H groups in total. The molecule has 0 radical (unpaired) electrons. The molecule has 8 atom stereocenters. The molecule has 0 aromatic heterocycles. The first-order valence-corrected chi connectivity index (χ1v) is 9.48. The van der Waals surface area contributed by atoms with E-state index in [0.717, 1.165) is 25.7 Å². The van der Waals surface area contributed by atoms with Crippen molar-refractivity contribution in [2.45, 2.75) is 57.2 Å². The number of carbonyl (C=O) groups excluding carboxylic acids is 2. The van der Waals surface area contributed by atoms with Crippen molar-refractivity contribution in [1.82, 2.24) is 0 Å². The number of allylic oxidation sites excluding steroid dienone is 1. The Hall–Kier alpha value is -1.36. The average molecular weight is 346 g/mol. The van der Waals surface area contributed by atoms with Gasteiger partial charge in [0, 0.05) is 11.8 Å². The van der Waals surface area contributed by atoms with E-state index in [2.05, 4.69) is 6.58 Å². The standard InChI is InChI=1S/C20H26O5/c1-10-8-19-9-11(10)4-5-12(19)20-7-6-13(21)18(2,17(23)25-20)15(20)14(19)16(22)24-3/h11-15,21H,1,4-9H2,2-3H3. The van der Waals surface area contributed by atoms with Crippen LogP contribution in [0.25, 0.3) is 0 Å². The molecule has 4 aliphatic carbocycles. The SMILES string of the molecule is C=C1CC23CC1CCC2C12CCC(O)C(C)(C(=O)O1)C2C3C(=O)OC. The summed E-state index contributed by atoms with van der Waals surface area (Å²) in [7, 11) is 1.43. The fraction of sp³-hybridized carbons (Fsp3) is 0.800. The minimum absolute atomic E-state index is 0.169. The highest BCUT2D eigenvalue weighted by atomic mass is 16.6. The highest BCUT2D eigenvalue weighted by molar-refractivity contribution is 5.85. The van der Waals surface area contributed by atoms with Gasteiger partial charge in [-0.25, -0.2) is 0 Å². The average Bonchev–Trinajstić information content (AvgIpc) is 3.05. The number of methoxy groups -OCH3 is 1. The Labute approximate surface area is 147 Å². The molecule has 5 heteroatoms. The number of ether oxygens (including phenoxy) is 2. The fourth-order valence-corrected chi connectivity index (χ4v) is 7.77. The highest BCUT2D eigenvalue weighted by Crippen LogP contribution is 2.77. The van der Waals surface area contributed by atoms with Crippen molar-refractivity contribution in [3.63, 3.8) is 0 Å². The van der Waals surface area contributed by atoms with Gasteiger partial charge in [0.2, 0.25) is 0 Å². The van der Waals surface area contributed by atoms with Crippen LogP contribution in [0.3, 0.4) is 0 Å². The lowest BCUT2D eigenvalue weighted by Crippen LogP contribution is -2.53. The molecule has 4 saturated carbocycles. The molecule has 5 rings (SSSR count). The van der Waals surface area contributed by atoms with E-state index in [1.807, 2.05) is 0 Å². The normalized spacial score (nSPS) is 55.6. The lowest BCUT2D eigenvalue weighted by molar-refractivity contribution is -0.163. The van der Waals surface area contributed by atoms with E-state index < -0.39 is 23.0 Å². The Morgan fingerprint density at radius 1 is 1.36 bits per heavy atom. The molecule has 4 bridgehead atoms. The first-order valence-electron chi connectivity index (χ1n) is 9.48. The number of aliphatic hydroxyl groups excluding tert-OH is 1. The van der Waals surface area contributed by atoms with E-state index in [0.29, 0.717) is 18.8 Å². The molecular weight excluding hydrogens is 320 g/mol. The Balaban J connectivity index is 1.75. The maximum Gasteiger partial charge on any atom is 0.315 e. The molecule has 5 aliphatic rings. The second-order valence-electron chi connectivity index (χ2n) is 9.26. The maximum absolute atomic E-state index is 13.0. The van der Waals surface area contributed by atoms with Gasteiger partial charge in [0.15, 0.2) is 0 Å². The number of esters is 2. The van der Waals surface area contributed by atoms with E-state index >= 15 is 0 Å². The minimum Gasteiger partial charge on any atom is -0.469 e. The van der Waals surface area contributed by atoms with Gasteiger partial charge in [-0.1, -0.05) is 12.2 Å². The summed E-state index contributed by atoms with van der Waals surface area (Å²) in [6.07, 6.45) is 4.24. The van der Waals surface area contributed by atoms with Gasteiger partial charge in [-0.2, -0.15) is 0 Å². The Morgan fingerprint density at radius 2 is 2.12 bits per heavy atom. The largest absolute Gasteiger partial charge is 0.469 e. The summed E-state index contributed by atoms with van der Waals surface area (Å²) in [6, 6.07) is 0. The van der Waals surface area contributed by atoms with E-state index in [-0.39, 0.29) is 29.2 Å². The Bertz CT molecular complexity index is 700. The summed E-state index contributed by atoms with van der Waals surface area (Å²) in [5, 5.41) is 10.7. The number of fused-ring (bicyclic) bond motifs is 1. The van der Waals surface area contributed by atoms with Crippen LogP contribution in [0.1, 0.15) is 45.4 Å². The summed E-state index contributed by atoms with van der Waals surface area (Å²) in [6.45, 7) is 6.09. The second-order valence-corrected chi connectivity index (χ2v) is 9.26. The summed E-state index contributed by atoms with van der Waals surface area (Å²) < 4.78 is 11.3. The van der Waals surface area contributed by atoms with Crippen LogP contribution in [0.15, 0.2) is 12.2 Å². The zero-order chi connectivity index (χ0) is 17.8. The fourth-order valence-electron chi connectivity index (χ4n) is 7.77. The van der Waals surface area contributed by atoms with Crippen LogP contribution in [-0.4, -0.2) is 35.9 Å². The molecule has 25 heavy (non-hydrogen) atoms. The highest BCUT2D eigenvalue weighted by Gasteiger charge is 2.83. The van der Waals surface area contributed by atoms with Crippen LogP contribution in [0, 0.1) is 34.5 Å². The summed E-state index contributed by atoms with van der Waals surface area (Å²) in [4.78, 5) is 25.8. The summed E-state index contributed by atoms with van der Waals surface area (Å²) in [5.74, 6) is -0.625. The molecule has 1 saturated heterocycles. The van der Waals surface area contributed by atoms with Gasteiger partial charge in [0.05, 0.1) is 24.5 Å². The van der Waals surface area contributed by atoms with Crippen molar-refractivity contribution >= 4 is 11.9 Å². The smallest absolute Gasteiger partial charge is 0.315 e. The Morgan fingerprint density at radius 3 is 2.84 bits per heavy atom. The maximum atomic E-state index is 13.0. The van der Waals surface area contributed by atoms with Crippen LogP contribution in [-0.2, 0) is 19.1 Å². The quantitative estimate of drug-likeness (QED) is 0.582. The van der Waals surface area contributed by atoms with Gasteiger partial charge in [-0.15, -0.1) is 0 Å². The molecule has 1 aliphatic heterocycles. The molecule has 0 aromatic rings. The first kappa shape index (κ1) is 15.9. The minimum atomic E-state index is -1.01. The van der Waals surface area contributed by atoms with E-state index in [1.165, 1.54) is 12.7 Å². The molecule has 1 heterocycles. The van der Waals surface area contributed by atoms with Crippen molar-refractivity contribution in [3.8, 4) is 0 Å². The van der Waals surface area contributed by atoms with Crippen molar-refractivity contribution in [2.24, 2.45) is 34.5 Å². The first-order chi connectivity index (χ1) is 11.8. The van der Waals surface area contributed by atoms with Crippen LogP contribution in [0.4, 0.5) is 0 Å². The zero-order valence-corrected chi connectivity index (χ0v) is 14.9. The number of rotatable bonds is 1. The van der Waals surface area contributed by atoms with Crippen molar-refractivity contribution in [2.75, 3.05) is 7.11 Å². The third-order valence-electron chi connectivity index (χ3n) is 8.65. The molecule has 5 nitrogen and oxygen atoms in total. The predicted molar refractivity (Wildman–Crippen MR) is 88.2 cm³/mol. The number of hydrogen-bond acceptors (Lipinski definition) is 5. The van der Waals surface area contributed by atoms with Crippen molar-refractivity contribution in [1.29, 1.82) is 0 Å². The third-order valence-corrected chi connectivity index (χ3v) is 8.65. The van der Waals surface area contributed by atoms with Crippen LogP contribution >= 0.6 is 0 Å². The van der Waals surface area contributed by atoms with Gasteiger partial charge in [0.1, 0.15) is 5.60 Å². The van der Waals surface area contributed by atoms with Crippen LogP contribution < -0.4 is 0 Å². The van der Waals surface area contributed by atoms with E-state index in [9.17, 15) is 14.7 Å². The third kappa shape index (κ3) is 1.48. The predicted octanol–water partition coefficient (Wildman–Crippen LogP) is 2.22. The van der Waals surface area contributed by atoms with Gasteiger partial charge < -0.3 is 14.6 Å². The van der Waals surface area contributed by atoms with Crippen molar-refractivity contribution < 1.29 is 24.2 Å².